The van der Waals surface area contributed by atoms with Gasteiger partial charge in [-0.05, 0) is 41.0 Å². The van der Waals surface area contributed by atoms with Gasteiger partial charge in [-0.15, -0.1) is 0 Å². The molecule has 0 amide bonds. The van der Waals surface area contributed by atoms with Gasteiger partial charge in [-0.3, -0.25) is 4.72 Å². The number of rotatable bonds is 5. The molecule has 28 heavy (non-hydrogen) atoms. The van der Waals surface area contributed by atoms with Gasteiger partial charge in [-0.2, -0.15) is 11.1 Å². The third kappa shape index (κ3) is 3.88. The van der Waals surface area contributed by atoms with E-state index in [2.05, 4.69) is 26.6 Å². The van der Waals surface area contributed by atoms with Crippen molar-refractivity contribution in [3.8, 4) is 11.1 Å². The molecule has 5 N–H and O–H groups in total. The summed E-state index contributed by atoms with van der Waals surface area (Å²) in [5.74, 6) is -0.646. The van der Waals surface area contributed by atoms with Crippen molar-refractivity contribution in [3.05, 3.63) is 84.2 Å². The molecule has 0 bridgehead atoms. The molecule has 1 heterocycles. The van der Waals surface area contributed by atoms with Crippen molar-refractivity contribution in [2.75, 3.05) is 4.72 Å². The Labute approximate surface area is 161 Å². The SMILES string of the molecule is O=S(=O)(Nc1cc(-c2ccccc2)ccc1F)c1cccc(C2NNNN2)c1. The topological polar surface area (TPSA) is 94.3 Å². The molecule has 0 atom stereocenters. The molecular formula is C19H18FN5O2S. The zero-order chi connectivity index (χ0) is 19.6. The smallest absolute Gasteiger partial charge is 0.261 e. The highest BCUT2D eigenvalue weighted by Crippen LogP contribution is 2.27. The summed E-state index contributed by atoms with van der Waals surface area (Å²) in [5, 5.41) is 0. The maximum Gasteiger partial charge on any atom is 0.261 e. The average Bonchev–Trinajstić information content (AvgIpc) is 3.25. The molecule has 0 spiro atoms. The number of sulfonamides is 1. The molecule has 1 fully saturated rings. The summed E-state index contributed by atoms with van der Waals surface area (Å²) in [6.45, 7) is 0. The van der Waals surface area contributed by atoms with Crippen LogP contribution in [0.5, 0.6) is 0 Å². The van der Waals surface area contributed by atoms with Crippen LogP contribution in [-0.4, -0.2) is 8.42 Å². The predicted molar refractivity (Wildman–Crippen MR) is 104 cm³/mol. The Morgan fingerprint density at radius 3 is 2.32 bits per heavy atom. The Morgan fingerprint density at radius 1 is 0.821 bits per heavy atom. The molecule has 0 aromatic heterocycles. The van der Waals surface area contributed by atoms with Crippen molar-refractivity contribution in [2.45, 2.75) is 11.1 Å². The van der Waals surface area contributed by atoms with Crippen LogP contribution in [0.1, 0.15) is 11.7 Å². The predicted octanol–water partition coefficient (Wildman–Crippen LogP) is 2.41. The van der Waals surface area contributed by atoms with Gasteiger partial charge in [0.05, 0.1) is 10.6 Å². The van der Waals surface area contributed by atoms with Gasteiger partial charge in [-0.1, -0.05) is 48.5 Å². The second-order valence-electron chi connectivity index (χ2n) is 6.21. The van der Waals surface area contributed by atoms with Gasteiger partial charge >= 0.3 is 0 Å². The number of hydrazine groups is 3. The Hall–Kier alpha value is -2.82. The fourth-order valence-corrected chi connectivity index (χ4v) is 4.01. The Kier molecular flexibility index (Phi) is 5.07. The van der Waals surface area contributed by atoms with E-state index < -0.39 is 15.8 Å². The minimum absolute atomic E-state index is 0.0324. The molecule has 1 aliphatic rings. The second-order valence-corrected chi connectivity index (χ2v) is 7.89. The van der Waals surface area contributed by atoms with Crippen molar-refractivity contribution in [1.29, 1.82) is 0 Å². The summed E-state index contributed by atoms with van der Waals surface area (Å²) >= 11 is 0. The van der Waals surface area contributed by atoms with Crippen LogP contribution in [-0.2, 0) is 10.0 Å². The van der Waals surface area contributed by atoms with E-state index in [0.717, 1.165) is 5.56 Å². The monoisotopic (exact) mass is 399 g/mol. The highest BCUT2D eigenvalue weighted by molar-refractivity contribution is 7.92. The van der Waals surface area contributed by atoms with Crippen LogP contribution in [0.3, 0.4) is 0 Å². The normalized spacial score (nSPS) is 14.9. The quantitative estimate of drug-likeness (QED) is 0.452. The van der Waals surface area contributed by atoms with Gasteiger partial charge in [0.25, 0.3) is 10.0 Å². The van der Waals surface area contributed by atoms with Gasteiger partial charge in [0.15, 0.2) is 0 Å². The van der Waals surface area contributed by atoms with Gasteiger partial charge in [0.2, 0.25) is 0 Å². The van der Waals surface area contributed by atoms with E-state index in [-0.39, 0.29) is 16.7 Å². The van der Waals surface area contributed by atoms with E-state index in [1.165, 1.54) is 24.3 Å². The first-order chi connectivity index (χ1) is 13.5. The molecule has 7 nitrogen and oxygen atoms in total. The van der Waals surface area contributed by atoms with E-state index in [1.807, 2.05) is 30.3 Å². The molecule has 0 aliphatic carbocycles. The highest BCUT2D eigenvalue weighted by Gasteiger charge is 2.20. The van der Waals surface area contributed by atoms with E-state index in [4.69, 9.17) is 0 Å². The minimum atomic E-state index is -3.97. The van der Waals surface area contributed by atoms with Crippen molar-refractivity contribution in [2.24, 2.45) is 0 Å². The van der Waals surface area contributed by atoms with Gasteiger partial charge in [-0.25, -0.2) is 23.7 Å². The number of nitrogens with one attached hydrogen (secondary N) is 5. The fourth-order valence-electron chi connectivity index (χ4n) is 2.90. The number of hydrogen-bond donors (Lipinski definition) is 5. The highest BCUT2D eigenvalue weighted by atomic mass is 32.2. The summed E-state index contributed by atoms with van der Waals surface area (Å²) < 4.78 is 42.3. The fraction of sp³-hybridized carbons (Fsp3) is 0.0526. The van der Waals surface area contributed by atoms with Crippen molar-refractivity contribution in [3.63, 3.8) is 0 Å². The summed E-state index contributed by atoms with van der Waals surface area (Å²) in [7, 11) is -3.97. The van der Waals surface area contributed by atoms with Gasteiger partial charge < -0.3 is 0 Å². The van der Waals surface area contributed by atoms with Crippen LogP contribution in [0.2, 0.25) is 0 Å². The minimum Gasteiger partial charge on any atom is -0.277 e. The molecule has 1 aliphatic heterocycles. The molecule has 0 radical (unpaired) electrons. The first-order valence-corrected chi connectivity index (χ1v) is 10.00. The molecular weight excluding hydrogens is 381 g/mol. The number of halogens is 1. The lowest BCUT2D eigenvalue weighted by atomic mass is 10.1. The summed E-state index contributed by atoms with van der Waals surface area (Å²) in [6.07, 6.45) is -0.312. The van der Waals surface area contributed by atoms with Gasteiger partial charge in [0, 0.05) is 0 Å². The summed E-state index contributed by atoms with van der Waals surface area (Å²) in [4.78, 5) is 0.0324. The summed E-state index contributed by atoms with van der Waals surface area (Å²) in [5.41, 5.74) is 13.3. The third-order valence-corrected chi connectivity index (χ3v) is 5.68. The van der Waals surface area contributed by atoms with Crippen LogP contribution in [0.25, 0.3) is 11.1 Å². The van der Waals surface area contributed by atoms with Crippen LogP contribution in [0.4, 0.5) is 10.1 Å². The Morgan fingerprint density at radius 2 is 1.57 bits per heavy atom. The zero-order valence-electron chi connectivity index (χ0n) is 14.6. The Balaban J connectivity index is 1.64. The molecule has 3 aromatic carbocycles. The molecule has 1 saturated heterocycles. The zero-order valence-corrected chi connectivity index (χ0v) is 15.4. The molecule has 4 rings (SSSR count). The molecule has 0 saturated carbocycles. The van der Waals surface area contributed by atoms with E-state index in [0.29, 0.717) is 11.1 Å². The van der Waals surface area contributed by atoms with Crippen LogP contribution >= 0.6 is 0 Å². The molecule has 0 unspecified atom stereocenters. The van der Waals surface area contributed by atoms with Crippen LogP contribution in [0, 0.1) is 5.82 Å². The third-order valence-electron chi connectivity index (χ3n) is 4.32. The number of hydrogen-bond acceptors (Lipinski definition) is 6. The number of anilines is 1. The standard InChI is InChI=1S/C19H18FN5O2S/c20-17-10-9-14(13-5-2-1-3-6-13)12-18(17)23-28(26,27)16-8-4-7-15(11-16)19-21-24-25-22-19/h1-12,19,21-25H. The molecule has 144 valence electrons. The lowest BCUT2D eigenvalue weighted by Gasteiger charge is -2.13. The van der Waals surface area contributed by atoms with Crippen LogP contribution < -0.4 is 26.6 Å². The van der Waals surface area contributed by atoms with Crippen molar-refractivity contribution < 1.29 is 12.8 Å². The number of benzene rings is 3. The first kappa shape index (κ1) is 18.5. The first-order valence-electron chi connectivity index (χ1n) is 8.52. The largest absolute Gasteiger partial charge is 0.277 e. The lowest BCUT2D eigenvalue weighted by Crippen LogP contribution is -2.33. The lowest BCUT2D eigenvalue weighted by molar-refractivity contribution is 0.552. The summed E-state index contributed by atoms with van der Waals surface area (Å²) in [6, 6.07) is 20.1. The Bertz CT molecular complexity index is 1090. The molecule has 3 aromatic rings. The maximum atomic E-state index is 14.3. The van der Waals surface area contributed by atoms with E-state index in [1.54, 1.807) is 18.2 Å². The van der Waals surface area contributed by atoms with Crippen LogP contribution in [0.15, 0.2) is 77.7 Å². The van der Waals surface area contributed by atoms with Gasteiger partial charge in [0.1, 0.15) is 12.0 Å². The maximum absolute atomic E-state index is 14.3. The van der Waals surface area contributed by atoms with E-state index >= 15 is 0 Å². The van der Waals surface area contributed by atoms with Crippen molar-refractivity contribution >= 4 is 15.7 Å². The van der Waals surface area contributed by atoms with Crippen molar-refractivity contribution in [1.82, 2.24) is 21.9 Å². The average molecular weight is 399 g/mol. The molecule has 9 heteroatoms. The van der Waals surface area contributed by atoms with E-state index in [9.17, 15) is 12.8 Å². The second kappa shape index (κ2) is 7.66.